The van der Waals surface area contributed by atoms with Crippen molar-refractivity contribution in [3.63, 3.8) is 0 Å². The normalized spacial score (nSPS) is 22.6. The van der Waals surface area contributed by atoms with Crippen LogP contribution in [0.2, 0.25) is 0 Å². The molecule has 28 heavy (non-hydrogen) atoms. The summed E-state index contributed by atoms with van der Waals surface area (Å²) in [6.45, 7) is 6.73. The number of para-hydroxylation sites is 1. The van der Waals surface area contributed by atoms with Gasteiger partial charge in [-0.3, -0.25) is 9.36 Å². The van der Waals surface area contributed by atoms with E-state index in [1.807, 2.05) is 28.8 Å². The fourth-order valence-electron chi connectivity index (χ4n) is 4.15. The van der Waals surface area contributed by atoms with Crippen molar-refractivity contribution in [1.29, 1.82) is 0 Å². The zero-order valence-corrected chi connectivity index (χ0v) is 18.4. The fourth-order valence-corrected chi connectivity index (χ4v) is 5.95. The quantitative estimate of drug-likeness (QED) is 0.397. The van der Waals surface area contributed by atoms with E-state index in [4.69, 9.17) is 4.98 Å². The van der Waals surface area contributed by atoms with E-state index < -0.39 is 0 Å². The zero-order valence-electron chi connectivity index (χ0n) is 16.7. The van der Waals surface area contributed by atoms with Crippen molar-refractivity contribution in [2.75, 3.05) is 0 Å². The van der Waals surface area contributed by atoms with Gasteiger partial charge in [0.25, 0.3) is 5.56 Å². The molecule has 3 atom stereocenters. The summed E-state index contributed by atoms with van der Waals surface area (Å²) in [5, 5.41) is 4.84. The van der Waals surface area contributed by atoms with E-state index in [0.29, 0.717) is 11.8 Å². The van der Waals surface area contributed by atoms with Gasteiger partial charge in [-0.1, -0.05) is 57.5 Å². The van der Waals surface area contributed by atoms with Crippen molar-refractivity contribution in [1.82, 2.24) is 14.5 Å². The molecule has 3 unspecified atom stereocenters. The van der Waals surface area contributed by atoms with Crippen molar-refractivity contribution in [3.8, 4) is 0 Å². The second-order valence-electron chi connectivity index (χ2n) is 7.80. The maximum absolute atomic E-state index is 13.5. The highest BCUT2D eigenvalue weighted by atomic mass is 32.2. The minimum absolute atomic E-state index is 0.103. The monoisotopic (exact) mass is 413 g/mol. The number of aromatic nitrogens is 3. The highest BCUT2D eigenvalue weighted by molar-refractivity contribution is 7.98. The lowest BCUT2D eigenvalue weighted by atomic mass is 9.78. The number of rotatable bonds is 5. The first-order valence-corrected chi connectivity index (χ1v) is 12.0. The molecule has 2 aromatic heterocycles. The van der Waals surface area contributed by atoms with Gasteiger partial charge in [0.2, 0.25) is 0 Å². The predicted octanol–water partition coefficient (Wildman–Crippen LogP) is 5.70. The lowest BCUT2D eigenvalue weighted by molar-refractivity contribution is 0.173. The molecule has 4 rings (SSSR count). The maximum Gasteiger partial charge on any atom is 0.262 e. The van der Waals surface area contributed by atoms with Crippen LogP contribution in [0.1, 0.15) is 56.8 Å². The predicted molar refractivity (Wildman–Crippen MR) is 118 cm³/mol. The van der Waals surface area contributed by atoms with Crippen LogP contribution in [0.5, 0.6) is 0 Å². The summed E-state index contributed by atoms with van der Waals surface area (Å²) in [7, 11) is 0. The molecule has 0 aliphatic heterocycles. The molecular formula is C22H27N3OS2. The first-order valence-electron chi connectivity index (χ1n) is 10.2. The van der Waals surface area contributed by atoms with Gasteiger partial charge in [-0.25, -0.2) is 9.97 Å². The van der Waals surface area contributed by atoms with Crippen LogP contribution in [0.25, 0.3) is 10.9 Å². The molecule has 148 valence electrons. The Morgan fingerprint density at radius 3 is 2.82 bits per heavy atom. The van der Waals surface area contributed by atoms with E-state index in [2.05, 4.69) is 31.1 Å². The van der Waals surface area contributed by atoms with Gasteiger partial charge in [-0.15, -0.1) is 11.3 Å². The molecule has 4 nitrogen and oxygen atoms in total. The lowest BCUT2D eigenvalue weighted by Gasteiger charge is -2.36. The van der Waals surface area contributed by atoms with Gasteiger partial charge in [0.05, 0.1) is 21.6 Å². The Balaban J connectivity index is 1.75. The van der Waals surface area contributed by atoms with Crippen LogP contribution in [-0.4, -0.2) is 14.5 Å². The van der Waals surface area contributed by atoms with E-state index >= 15 is 0 Å². The van der Waals surface area contributed by atoms with Crippen LogP contribution in [0.3, 0.4) is 0 Å². The molecule has 1 aromatic carbocycles. The molecule has 0 radical (unpaired) electrons. The summed E-state index contributed by atoms with van der Waals surface area (Å²) in [4.78, 5) is 23.1. The molecule has 1 saturated carbocycles. The first kappa shape index (κ1) is 19.6. The Morgan fingerprint density at radius 2 is 2.04 bits per heavy atom. The summed E-state index contributed by atoms with van der Waals surface area (Å²) in [6, 6.07) is 7.94. The molecule has 0 spiro atoms. The number of benzene rings is 1. The lowest BCUT2D eigenvalue weighted by Crippen LogP contribution is -2.35. The molecule has 1 aliphatic rings. The van der Waals surface area contributed by atoms with Gasteiger partial charge >= 0.3 is 0 Å². The molecule has 1 aliphatic carbocycles. The van der Waals surface area contributed by atoms with Crippen molar-refractivity contribution in [3.05, 3.63) is 50.7 Å². The zero-order chi connectivity index (χ0) is 19.7. The van der Waals surface area contributed by atoms with Crippen molar-refractivity contribution < 1.29 is 0 Å². The molecule has 0 saturated heterocycles. The van der Waals surface area contributed by atoms with E-state index in [1.165, 1.54) is 12.8 Å². The number of thiazole rings is 1. The number of aryl methyl sites for hydroxylation is 1. The average Bonchev–Trinajstić information content (AvgIpc) is 3.17. The third kappa shape index (κ3) is 3.77. The first-order chi connectivity index (χ1) is 13.6. The molecule has 2 heterocycles. The van der Waals surface area contributed by atoms with Crippen molar-refractivity contribution in [2.24, 2.45) is 11.8 Å². The number of nitrogens with zero attached hydrogens (tertiary/aromatic N) is 3. The standard InChI is InChI=1S/C22H27N3OS2/c1-4-20-23-16(12-27-20)13-28-22-24-18-10-6-5-9-17(18)21(26)25(22)19-11-7-8-14(2)15(19)3/h5-6,9-10,12,14-15,19H,4,7-8,11,13H2,1-3H3. The number of hydrogen-bond donors (Lipinski definition) is 0. The Labute approximate surface area is 174 Å². The molecule has 0 N–H and O–H groups in total. The SMILES string of the molecule is CCc1nc(CSc2nc3ccccc3c(=O)n2C2CCCC(C)C2C)cs1. The van der Waals surface area contributed by atoms with Gasteiger partial charge in [0.15, 0.2) is 5.16 Å². The summed E-state index contributed by atoms with van der Waals surface area (Å²) < 4.78 is 2.00. The summed E-state index contributed by atoms with van der Waals surface area (Å²) in [6.07, 6.45) is 4.43. The number of fused-ring (bicyclic) bond motifs is 1. The third-order valence-corrected chi connectivity index (χ3v) is 8.05. The van der Waals surface area contributed by atoms with Crippen molar-refractivity contribution >= 4 is 34.0 Å². The maximum atomic E-state index is 13.5. The van der Waals surface area contributed by atoms with Gasteiger partial charge in [-0.2, -0.15) is 0 Å². The smallest absolute Gasteiger partial charge is 0.262 e. The Morgan fingerprint density at radius 1 is 1.21 bits per heavy atom. The van der Waals surface area contributed by atoms with Crippen LogP contribution in [0.15, 0.2) is 39.6 Å². The Hall–Kier alpha value is -1.66. The van der Waals surface area contributed by atoms with Gasteiger partial charge < -0.3 is 0 Å². The average molecular weight is 414 g/mol. The molecule has 6 heteroatoms. The van der Waals surface area contributed by atoms with Crippen LogP contribution in [-0.2, 0) is 12.2 Å². The number of hydrogen-bond acceptors (Lipinski definition) is 5. The largest absolute Gasteiger partial charge is 0.284 e. The van der Waals surface area contributed by atoms with Gasteiger partial charge in [0.1, 0.15) is 0 Å². The van der Waals surface area contributed by atoms with Crippen LogP contribution >= 0.6 is 23.1 Å². The van der Waals surface area contributed by atoms with E-state index in [9.17, 15) is 4.79 Å². The second-order valence-corrected chi connectivity index (χ2v) is 9.68. The summed E-state index contributed by atoms with van der Waals surface area (Å²) in [5.74, 6) is 1.85. The molecule has 0 amide bonds. The topological polar surface area (TPSA) is 47.8 Å². The van der Waals surface area contributed by atoms with E-state index in [0.717, 1.165) is 45.4 Å². The summed E-state index contributed by atoms with van der Waals surface area (Å²) in [5.41, 5.74) is 1.97. The minimum Gasteiger partial charge on any atom is -0.284 e. The molecular weight excluding hydrogens is 386 g/mol. The number of thioether (sulfide) groups is 1. The molecule has 1 fully saturated rings. The minimum atomic E-state index is 0.103. The molecule has 0 bridgehead atoms. The van der Waals surface area contributed by atoms with Crippen LogP contribution < -0.4 is 5.56 Å². The van der Waals surface area contributed by atoms with E-state index in [-0.39, 0.29) is 11.6 Å². The van der Waals surface area contributed by atoms with Crippen LogP contribution in [0, 0.1) is 11.8 Å². The summed E-state index contributed by atoms with van der Waals surface area (Å²) >= 11 is 3.36. The van der Waals surface area contributed by atoms with E-state index in [1.54, 1.807) is 23.1 Å². The Kier molecular flexibility index (Phi) is 5.88. The highest BCUT2D eigenvalue weighted by Gasteiger charge is 2.31. The molecule has 3 aromatic rings. The third-order valence-electron chi connectivity index (χ3n) is 6.02. The Bertz CT molecular complexity index is 1030. The van der Waals surface area contributed by atoms with Crippen LogP contribution in [0.4, 0.5) is 0 Å². The van der Waals surface area contributed by atoms with Crippen molar-refractivity contribution in [2.45, 2.75) is 63.4 Å². The fraction of sp³-hybridized carbons (Fsp3) is 0.500. The highest BCUT2D eigenvalue weighted by Crippen LogP contribution is 2.39. The van der Waals surface area contributed by atoms with Gasteiger partial charge in [-0.05, 0) is 36.8 Å². The second kappa shape index (κ2) is 8.37. The van der Waals surface area contributed by atoms with Gasteiger partial charge in [0, 0.05) is 17.2 Å².